The largest absolute Gasteiger partial charge is 0.366 e. The van der Waals surface area contributed by atoms with E-state index in [-0.39, 0.29) is 11.2 Å². The van der Waals surface area contributed by atoms with Crippen LogP contribution in [0.25, 0.3) is 0 Å². The second-order valence-electron chi connectivity index (χ2n) is 5.31. The van der Waals surface area contributed by atoms with Crippen LogP contribution in [0.5, 0.6) is 0 Å². The lowest BCUT2D eigenvalue weighted by atomic mass is 9.77. The number of rotatable bonds is 3. The van der Waals surface area contributed by atoms with E-state index in [9.17, 15) is 4.39 Å². The van der Waals surface area contributed by atoms with E-state index in [1.54, 1.807) is 12.3 Å². The highest BCUT2D eigenvalue weighted by atomic mass is 19.1. The molecular formula is C13H20FN3. The predicted molar refractivity (Wildman–Crippen MR) is 67.5 cm³/mol. The number of hydrogen-bond acceptors (Lipinski definition) is 3. The molecule has 0 bridgehead atoms. The SMILES string of the molecule is CC1(C)CCCNC1CNc1ncccc1F. The van der Waals surface area contributed by atoms with E-state index in [2.05, 4.69) is 29.5 Å². The van der Waals surface area contributed by atoms with Crippen LogP contribution in [0.1, 0.15) is 26.7 Å². The maximum absolute atomic E-state index is 13.4. The van der Waals surface area contributed by atoms with E-state index >= 15 is 0 Å². The van der Waals surface area contributed by atoms with Gasteiger partial charge in [-0.25, -0.2) is 9.37 Å². The molecule has 1 saturated heterocycles. The summed E-state index contributed by atoms with van der Waals surface area (Å²) in [6.45, 7) is 6.25. The molecule has 2 heterocycles. The summed E-state index contributed by atoms with van der Waals surface area (Å²) in [6.07, 6.45) is 4.02. The minimum atomic E-state index is -0.291. The van der Waals surface area contributed by atoms with E-state index in [4.69, 9.17) is 0 Å². The Kier molecular flexibility index (Phi) is 3.62. The van der Waals surface area contributed by atoms with Gasteiger partial charge in [0.15, 0.2) is 11.6 Å². The highest BCUT2D eigenvalue weighted by molar-refractivity contribution is 5.35. The van der Waals surface area contributed by atoms with Crippen molar-refractivity contribution in [1.82, 2.24) is 10.3 Å². The second kappa shape index (κ2) is 5.00. The van der Waals surface area contributed by atoms with E-state index in [0.29, 0.717) is 18.4 Å². The maximum atomic E-state index is 13.4. The Labute approximate surface area is 102 Å². The summed E-state index contributed by atoms with van der Waals surface area (Å²) in [5, 5.41) is 6.58. The van der Waals surface area contributed by atoms with Crippen molar-refractivity contribution < 1.29 is 4.39 Å². The monoisotopic (exact) mass is 237 g/mol. The molecule has 1 aliphatic rings. The first-order valence-electron chi connectivity index (χ1n) is 6.17. The number of nitrogens with zero attached hydrogens (tertiary/aromatic N) is 1. The summed E-state index contributed by atoms with van der Waals surface area (Å²) in [4.78, 5) is 4.00. The van der Waals surface area contributed by atoms with Crippen LogP contribution in [0.3, 0.4) is 0 Å². The van der Waals surface area contributed by atoms with E-state index < -0.39 is 0 Å². The Morgan fingerprint density at radius 1 is 1.59 bits per heavy atom. The van der Waals surface area contributed by atoms with Crippen molar-refractivity contribution in [3.8, 4) is 0 Å². The Hall–Kier alpha value is -1.16. The first-order chi connectivity index (χ1) is 8.09. The summed E-state index contributed by atoms with van der Waals surface area (Å²) in [5.41, 5.74) is 0.247. The summed E-state index contributed by atoms with van der Waals surface area (Å²) < 4.78 is 13.4. The average molecular weight is 237 g/mol. The van der Waals surface area contributed by atoms with Gasteiger partial charge >= 0.3 is 0 Å². The highest BCUT2D eigenvalue weighted by Crippen LogP contribution is 2.30. The Morgan fingerprint density at radius 2 is 2.41 bits per heavy atom. The summed E-state index contributed by atoms with van der Waals surface area (Å²) >= 11 is 0. The number of hydrogen-bond donors (Lipinski definition) is 2. The first kappa shape index (κ1) is 12.3. The van der Waals surface area contributed by atoms with Crippen molar-refractivity contribution in [1.29, 1.82) is 0 Å². The van der Waals surface area contributed by atoms with Crippen LogP contribution in [0.15, 0.2) is 18.3 Å². The van der Waals surface area contributed by atoms with Crippen molar-refractivity contribution in [2.45, 2.75) is 32.7 Å². The molecule has 4 heteroatoms. The lowest BCUT2D eigenvalue weighted by Gasteiger charge is -2.39. The molecule has 0 aliphatic carbocycles. The molecule has 2 rings (SSSR count). The van der Waals surface area contributed by atoms with E-state index in [0.717, 1.165) is 6.54 Å². The Morgan fingerprint density at radius 3 is 3.12 bits per heavy atom. The van der Waals surface area contributed by atoms with Crippen molar-refractivity contribution in [3.63, 3.8) is 0 Å². The van der Waals surface area contributed by atoms with Crippen LogP contribution in [-0.4, -0.2) is 24.1 Å². The maximum Gasteiger partial charge on any atom is 0.165 e. The molecule has 1 aromatic heterocycles. The normalized spacial score (nSPS) is 23.4. The summed E-state index contributed by atoms with van der Waals surface area (Å²) in [6, 6.07) is 3.38. The van der Waals surface area contributed by atoms with Gasteiger partial charge in [-0.1, -0.05) is 13.8 Å². The molecule has 94 valence electrons. The average Bonchev–Trinajstić information content (AvgIpc) is 2.29. The molecule has 1 fully saturated rings. The number of aromatic nitrogens is 1. The van der Waals surface area contributed by atoms with Gasteiger partial charge in [-0.2, -0.15) is 0 Å². The van der Waals surface area contributed by atoms with Gasteiger partial charge in [-0.15, -0.1) is 0 Å². The molecule has 2 N–H and O–H groups in total. The fraction of sp³-hybridized carbons (Fsp3) is 0.615. The third-order valence-corrected chi connectivity index (χ3v) is 3.56. The Balaban J connectivity index is 1.96. The van der Waals surface area contributed by atoms with Gasteiger partial charge in [0, 0.05) is 18.8 Å². The molecule has 17 heavy (non-hydrogen) atoms. The first-order valence-corrected chi connectivity index (χ1v) is 6.17. The smallest absolute Gasteiger partial charge is 0.165 e. The van der Waals surface area contributed by atoms with E-state index in [1.807, 2.05) is 0 Å². The molecule has 0 aromatic carbocycles. The topological polar surface area (TPSA) is 37.0 Å². The predicted octanol–water partition coefficient (Wildman–Crippen LogP) is 2.41. The zero-order valence-electron chi connectivity index (χ0n) is 10.5. The van der Waals surface area contributed by atoms with Gasteiger partial charge < -0.3 is 10.6 Å². The second-order valence-corrected chi connectivity index (χ2v) is 5.31. The van der Waals surface area contributed by atoms with Gasteiger partial charge in [0.2, 0.25) is 0 Å². The van der Waals surface area contributed by atoms with Crippen molar-refractivity contribution >= 4 is 5.82 Å². The van der Waals surface area contributed by atoms with Gasteiger partial charge in [0.1, 0.15) is 0 Å². The number of halogens is 1. The molecule has 0 amide bonds. The number of piperidine rings is 1. The van der Waals surface area contributed by atoms with Crippen LogP contribution >= 0.6 is 0 Å². The van der Waals surface area contributed by atoms with E-state index in [1.165, 1.54) is 18.9 Å². The third kappa shape index (κ3) is 2.94. The highest BCUT2D eigenvalue weighted by Gasteiger charge is 2.31. The molecule has 0 saturated carbocycles. The van der Waals surface area contributed by atoms with Crippen molar-refractivity contribution in [3.05, 3.63) is 24.1 Å². The van der Waals surface area contributed by atoms with Crippen LogP contribution in [-0.2, 0) is 0 Å². The summed E-state index contributed by atoms with van der Waals surface area (Å²) in [7, 11) is 0. The summed E-state index contributed by atoms with van der Waals surface area (Å²) in [5.74, 6) is 0.0526. The fourth-order valence-electron chi connectivity index (χ4n) is 2.33. The van der Waals surface area contributed by atoms with Crippen molar-refractivity contribution in [2.24, 2.45) is 5.41 Å². The third-order valence-electron chi connectivity index (χ3n) is 3.56. The van der Waals surface area contributed by atoms with Crippen LogP contribution < -0.4 is 10.6 Å². The van der Waals surface area contributed by atoms with Gasteiger partial charge in [-0.3, -0.25) is 0 Å². The lowest BCUT2D eigenvalue weighted by Crippen LogP contribution is -2.50. The molecule has 3 nitrogen and oxygen atoms in total. The molecule has 1 unspecified atom stereocenters. The molecular weight excluding hydrogens is 217 g/mol. The van der Waals surface area contributed by atoms with Crippen LogP contribution in [0.4, 0.5) is 10.2 Å². The molecule has 1 aromatic rings. The molecule has 1 atom stereocenters. The minimum absolute atomic E-state index is 0.247. The minimum Gasteiger partial charge on any atom is -0.366 e. The molecule has 0 spiro atoms. The lowest BCUT2D eigenvalue weighted by molar-refractivity contribution is 0.188. The standard InChI is InChI=1S/C13H20FN3/c1-13(2)6-4-8-15-11(13)9-17-12-10(14)5-3-7-16-12/h3,5,7,11,15H,4,6,8-9H2,1-2H3,(H,16,17). The quantitative estimate of drug-likeness (QED) is 0.847. The zero-order chi connectivity index (χ0) is 12.3. The van der Waals surface area contributed by atoms with Crippen LogP contribution in [0, 0.1) is 11.2 Å². The zero-order valence-corrected chi connectivity index (χ0v) is 10.5. The van der Waals surface area contributed by atoms with Gasteiger partial charge in [-0.05, 0) is 36.9 Å². The fourth-order valence-corrected chi connectivity index (χ4v) is 2.33. The molecule has 1 aliphatic heterocycles. The Bertz CT molecular complexity index is 379. The van der Waals surface area contributed by atoms with Gasteiger partial charge in [0.25, 0.3) is 0 Å². The number of pyridine rings is 1. The van der Waals surface area contributed by atoms with Crippen molar-refractivity contribution in [2.75, 3.05) is 18.4 Å². The van der Waals surface area contributed by atoms with Crippen LogP contribution in [0.2, 0.25) is 0 Å². The van der Waals surface area contributed by atoms with Gasteiger partial charge in [0.05, 0.1) is 0 Å². The molecule has 0 radical (unpaired) electrons. The number of nitrogens with one attached hydrogen (secondary N) is 2. The number of anilines is 1.